The lowest BCUT2D eigenvalue weighted by molar-refractivity contribution is -0.120. The summed E-state index contributed by atoms with van der Waals surface area (Å²) < 4.78 is 0.949. The lowest BCUT2D eigenvalue weighted by atomic mass is 9.82. The Bertz CT molecular complexity index is 1030. The van der Waals surface area contributed by atoms with Gasteiger partial charge in [0.15, 0.2) is 5.54 Å². The van der Waals surface area contributed by atoms with Crippen LogP contribution in [-0.2, 0) is 16.8 Å². The van der Waals surface area contributed by atoms with E-state index in [0.717, 1.165) is 50.8 Å². The Morgan fingerprint density at radius 1 is 1.17 bits per heavy atom. The van der Waals surface area contributed by atoms with Crippen LogP contribution < -0.4 is 10.6 Å². The van der Waals surface area contributed by atoms with Crippen molar-refractivity contribution in [1.29, 1.82) is 0 Å². The SMILES string of the molecule is O=C1Nc2ccc(Br)cc2C12NCCc1c2[nH]c2ccc(Cl)cc12. The maximum atomic E-state index is 13.0. The number of benzene rings is 2. The minimum atomic E-state index is -0.877. The first-order chi connectivity index (χ1) is 11.6. The molecule has 4 nitrogen and oxygen atoms in total. The number of H-pyrrole nitrogens is 1. The zero-order valence-electron chi connectivity index (χ0n) is 12.5. The third kappa shape index (κ3) is 1.75. The van der Waals surface area contributed by atoms with Crippen molar-refractivity contribution >= 4 is 50.0 Å². The molecule has 0 radical (unpaired) electrons. The first-order valence-electron chi connectivity index (χ1n) is 7.77. The number of halogens is 2. The lowest BCUT2D eigenvalue weighted by Gasteiger charge is -2.33. The van der Waals surface area contributed by atoms with Crippen molar-refractivity contribution in [2.75, 3.05) is 11.9 Å². The van der Waals surface area contributed by atoms with E-state index in [2.05, 4.69) is 31.5 Å². The molecular weight excluding hydrogens is 390 g/mol. The van der Waals surface area contributed by atoms with E-state index in [4.69, 9.17) is 11.6 Å². The lowest BCUT2D eigenvalue weighted by Crippen LogP contribution is -2.53. The molecule has 2 aliphatic heterocycles. The van der Waals surface area contributed by atoms with E-state index in [9.17, 15) is 4.79 Å². The van der Waals surface area contributed by atoms with Gasteiger partial charge in [-0.05, 0) is 48.4 Å². The number of hydrogen-bond acceptors (Lipinski definition) is 2. The van der Waals surface area contributed by atoms with Gasteiger partial charge in [-0.3, -0.25) is 10.1 Å². The van der Waals surface area contributed by atoms with Crippen molar-refractivity contribution in [2.45, 2.75) is 12.0 Å². The first-order valence-corrected chi connectivity index (χ1v) is 8.94. The third-order valence-electron chi connectivity index (χ3n) is 4.98. The van der Waals surface area contributed by atoms with Crippen LogP contribution in [0.4, 0.5) is 5.69 Å². The van der Waals surface area contributed by atoms with Crippen LogP contribution in [-0.4, -0.2) is 17.4 Å². The molecule has 1 unspecified atom stereocenters. The normalized spacial score (nSPS) is 21.8. The van der Waals surface area contributed by atoms with E-state index in [-0.39, 0.29) is 5.91 Å². The topological polar surface area (TPSA) is 56.9 Å². The number of anilines is 1. The smallest absolute Gasteiger partial charge is 0.255 e. The Balaban J connectivity index is 1.86. The fourth-order valence-corrected chi connectivity index (χ4v) is 4.49. The van der Waals surface area contributed by atoms with Gasteiger partial charge in [0.25, 0.3) is 5.91 Å². The summed E-state index contributed by atoms with van der Waals surface area (Å²) in [5, 5.41) is 8.27. The van der Waals surface area contributed by atoms with Gasteiger partial charge in [0.05, 0.1) is 5.69 Å². The largest absolute Gasteiger partial charge is 0.356 e. The highest BCUT2D eigenvalue weighted by Gasteiger charge is 2.52. The van der Waals surface area contributed by atoms with E-state index in [1.54, 1.807) is 0 Å². The molecule has 120 valence electrons. The molecule has 3 N–H and O–H groups in total. The number of hydrogen-bond donors (Lipinski definition) is 3. The predicted octanol–water partition coefficient (Wildman–Crippen LogP) is 3.93. The van der Waals surface area contributed by atoms with Gasteiger partial charge in [-0.25, -0.2) is 0 Å². The van der Waals surface area contributed by atoms with Gasteiger partial charge in [-0.1, -0.05) is 27.5 Å². The first kappa shape index (κ1) is 14.5. The van der Waals surface area contributed by atoms with Crippen molar-refractivity contribution < 1.29 is 4.79 Å². The molecule has 0 saturated heterocycles. The minimum absolute atomic E-state index is 0.0470. The number of carbonyl (C=O) groups is 1. The summed E-state index contributed by atoms with van der Waals surface area (Å²) in [5.74, 6) is -0.0470. The molecule has 2 aromatic carbocycles. The Kier molecular flexibility index (Phi) is 2.93. The van der Waals surface area contributed by atoms with Gasteiger partial charge in [0, 0.05) is 38.2 Å². The number of rotatable bonds is 0. The van der Waals surface area contributed by atoms with Crippen LogP contribution in [0.5, 0.6) is 0 Å². The van der Waals surface area contributed by atoms with Crippen molar-refractivity contribution in [2.24, 2.45) is 0 Å². The number of fused-ring (bicyclic) bond motifs is 6. The average Bonchev–Trinajstić information content (AvgIpc) is 3.06. The average molecular weight is 403 g/mol. The molecule has 5 rings (SSSR count). The number of carbonyl (C=O) groups excluding carboxylic acids is 1. The van der Waals surface area contributed by atoms with Crippen LogP contribution in [0.2, 0.25) is 5.02 Å². The van der Waals surface area contributed by atoms with Gasteiger partial charge in [-0.2, -0.15) is 0 Å². The molecule has 1 aromatic heterocycles. The van der Waals surface area contributed by atoms with Gasteiger partial charge >= 0.3 is 0 Å². The second-order valence-corrected chi connectivity index (χ2v) is 7.59. The Morgan fingerprint density at radius 3 is 2.92 bits per heavy atom. The molecular formula is C18H13BrClN3O. The fraction of sp³-hybridized carbons (Fsp3) is 0.167. The third-order valence-corrected chi connectivity index (χ3v) is 5.71. The summed E-state index contributed by atoms with van der Waals surface area (Å²) in [6, 6.07) is 11.7. The summed E-state index contributed by atoms with van der Waals surface area (Å²) >= 11 is 9.71. The van der Waals surface area contributed by atoms with Crippen LogP contribution in [0, 0.1) is 0 Å². The Morgan fingerprint density at radius 2 is 2.04 bits per heavy atom. The molecule has 1 atom stereocenters. The van der Waals surface area contributed by atoms with Crippen LogP contribution in [0.1, 0.15) is 16.8 Å². The molecule has 6 heteroatoms. The fourth-order valence-electron chi connectivity index (χ4n) is 3.96. The van der Waals surface area contributed by atoms with Crippen LogP contribution in [0.25, 0.3) is 10.9 Å². The molecule has 0 aliphatic carbocycles. The molecule has 0 fully saturated rings. The number of aromatic nitrogens is 1. The molecule has 0 bridgehead atoms. The Hall–Kier alpha value is -1.82. The zero-order valence-corrected chi connectivity index (χ0v) is 14.9. The monoisotopic (exact) mass is 401 g/mol. The molecule has 0 saturated carbocycles. The van der Waals surface area contributed by atoms with E-state index >= 15 is 0 Å². The van der Waals surface area contributed by atoms with E-state index < -0.39 is 5.54 Å². The second-order valence-electron chi connectivity index (χ2n) is 6.24. The van der Waals surface area contributed by atoms with E-state index in [1.807, 2.05) is 36.4 Å². The number of amides is 1. The summed E-state index contributed by atoms with van der Waals surface area (Å²) in [5.41, 5.74) is 4.00. The Labute approximate surface area is 151 Å². The van der Waals surface area contributed by atoms with Gasteiger partial charge in [0.2, 0.25) is 0 Å². The van der Waals surface area contributed by atoms with Crippen molar-refractivity contribution in [3.63, 3.8) is 0 Å². The summed E-state index contributed by atoms with van der Waals surface area (Å²) in [6.07, 6.45) is 0.855. The maximum Gasteiger partial charge on any atom is 0.255 e. The highest BCUT2D eigenvalue weighted by Crippen LogP contribution is 2.46. The number of nitrogens with one attached hydrogen (secondary N) is 3. The molecule has 3 aromatic rings. The molecule has 24 heavy (non-hydrogen) atoms. The molecule has 3 heterocycles. The second kappa shape index (κ2) is 4.85. The summed E-state index contributed by atoms with van der Waals surface area (Å²) in [4.78, 5) is 16.5. The van der Waals surface area contributed by atoms with Gasteiger partial charge in [0.1, 0.15) is 0 Å². The van der Waals surface area contributed by atoms with Crippen LogP contribution >= 0.6 is 27.5 Å². The molecule has 1 amide bonds. The highest BCUT2D eigenvalue weighted by molar-refractivity contribution is 9.10. The zero-order chi connectivity index (χ0) is 16.5. The van der Waals surface area contributed by atoms with Gasteiger partial charge in [-0.15, -0.1) is 0 Å². The quantitative estimate of drug-likeness (QED) is 0.534. The predicted molar refractivity (Wildman–Crippen MR) is 98.6 cm³/mol. The molecule has 1 spiro atoms. The maximum absolute atomic E-state index is 13.0. The van der Waals surface area contributed by atoms with Gasteiger partial charge < -0.3 is 10.3 Å². The minimum Gasteiger partial charge on any atom is -0.356 e. The van der Waals surface area contributed by atoms with E-state index in [0.29, 0.717) is 5.02 Å². The standard InChI is InChI=1S/C18H13BrClN3O/c19-9-1-3-15-13(7-9)18(17(24)23-15)16-11(5-6-21-18)12-8-10(20)2-4-14(12)22-16/h1-4,7-8,21-22H,5-6H2,(H,23,24). The van der Waals surface area contributed by atoms with Crippen molar-refractivity contribution in [3.05, 3.63) is 62.7 Å². The number of aromatic amines is 1. The van der Waals surface area contributed by atoms with Crippen LogP contribution in [0.15, 0.2) is 40.9 Å². The van der Waals surface area contributed by atoms with Crippen molar-refractivity contribution in [3.8, 4) is 0 Å². The van der Waals surface area contributed by atoms with Crippen molar-refractivity contribution in [1.82, 2.24) is 10.3 Å². The van der Waals surface area contributed by atoms with E-state index in [1.165, 1.54) is 0 Å². The summed E-state index contributed by atoms with van der Waals surface area (Å²) in [7, 11) is 0. The summed E-state index contributed by atoms with van der Waals surface area (Å²) in [6.45, 7) is 0.728. The van der Waals surface area contributed by atoms with Crippen LogP contribution in [0.3, 0.4) is 0 Å². The molecule has 2 aliphatic rings. The highest BCUT2D eigenvalue weighted by atomic mass is 79.9.